The molecule has 5 aromatic carbocycles. The summed E-state index contributed by atoms with van der Waals surface area (Å²) < 4.78 is 5.57. The summed E-state index contributed by atoms with van der Waals surface area (Å²) in [7, 11) is 0. The predicted molar refractivity (Wildman–Crippen MR) is 112 cm³/mol. The van der Waals surface area contributed by atoms with E-state index >= 15 is 0 Å². The topological polar surface area (TPSA) is 13.1 Å². The molecular formula is C26H14OY-2. The minimum absolute atomic E-state index is 0. The second kappa shape index (κ2) is 6.85. The van der Waals surface area contributed by atoms with Gasteiger partial charge in [0.2, 0.25) is 0 Å². The predicted octanol–water partition coefficient (Wildman–Crippen LogP) is 7.16. The number of benzene rings is 5. The molecule has 0 saturated carbocycles. The first-order valence-electron chi connectivity index (χ1n) is 9.01. The average Bonchev–Trinajstić information content (AvgIpc) is 3.23. The van der Waals surface area contributed by atoms with Crippen LogP contribution in [0.4, 0.5) is 0 Å². The number of furan rings is 1. The molecule has 1 aromatic heterocycles. The average molecular weight is 431 g/mol. The van der Waals surface area contributed by atoms with E-state index in [0.717, 1.165) is 16.7 Å². The molecule has 0 bridgehead atoms. The number of hydrogen-bond acceptors (Lipinski definition) is 1. The van der Waals surface area contributed by atoms with Crippen molar-refractivity contribution in [1.82, 2.24) is 0 Å². The molecule has 28 heavy (non-hydrogen) atoms. The van der Waals surface area contributed by atoms with Crippen LogP contribution in [0, 0.1) is 12.1 Å². The Balaban J connectivity index is 0.00000171. The van der Waals surface area contributed by atoms with Gasteiger partial charge >= 0.3 is 0 Å². The number of rotatable bonds is 1. The van der Waals surface area contributed by atoms with Crippen molar-refractivity contribution in [3.05, 3.63) is 97.3 Å². The van der Waals surface area contributed by atoms with Gasteiger partial charge in [0.1, 0.15) is 0 Å². The van der Waals surface area contributed by atoms with E-state index in [9.17, 15) is 0 Å². The van der Waals surface area contributed by atoms with E-state index in [2.05, 4.69) is 78.9 Å². The quantitative estimate of drug-likeness (QED) is 0.199. The van der Waals surface area contributed by atoms with Gasteiger partial charge in [0.15, 0.2) is 0 Å². The van der Waals surface area contributed by atoms with Gasteiger partial charge in [0.05, 0.1) is 0 Å². The molecule has 0 N–H and O–H groups in total. The largest absolute Gasteiger partial charge is 0.590 e. The Kier molecular flexibility index (Phi) is 4.31. The molecular weight excluding hydrogens is 417 g/mol. The number of hydrogen-bond donors (Lipinski definition) is 0. The van der Waals surface area contributed by atoms with Crippen LogP contribution in [0.5, 0.6) is 0 Å². The van der Waals surface area contributed by atoms with E-state index in [0.29, 0.717) is 0 Å². The molecule has 0 spiro atoms. The minimum atomic E-state index is 0. The molecule has 2 heteroatoms. The summed E-state index contributed by atoms with van der Waals surface area (Å²) in [6, 6.07) is 34.4. The van der Waals surface area contributed by atoms with E-state index in [4.69, 9.17) is 4.42 Å². The molecule has 6 rings (SSSR count). The third-order valence-corrected chi connectivity index (χ3v) is 5.28. The minimum Gasteiger partial charge on any atom is -0.590 e. The fourth-order valence-corrected chi connectivity index (χ4v) is 3.97. The molecule has 0 unspecified atom stereocenters. The van der Waals surface area contributed by atoms with Crippen LogP contribution in [-0.2, 0) is 32.7 Å². The maximum absolute atomic E-state index is 5.57. The van der Waals surface area contributed by atoms with E-state index in [1.54, 1.807) is 12.3 Å². The van der Waals surface area contributed by atoms with Crippen LogP contribution in [-0.4, -0.2) is 0 Å². The summed E-state index contributed by atoms with van der Waals surface area (Å²) >= 11 is 0. The molecule has 6 aromatic rings. The van der Waals surface area contributed by atoms with Crippen molar-refractivity contribution in [2.24, 2.45) is 0 Å². The van der Waals surface area contributed by atoms with E-state index < -0.39 is 0 Å². The first kappa shape index (κ1) is 17.6. The smallest absolute Gasteiger partial charge is 0 e. The summed E-state index contributed by atoms with van der Waals surface area (Å²) in [4.78, 5) is 0. The Bertz CT molecular complexity index is 1460. The van der Waals surface area contributed by atoms with E-state index in [1.807, 2.05) is 6.07 Å². The van der Waals surface area contributed by atoms with Crippen molar-refractivity contribution >= 4 is 43.1 Å². The van der Waals surface area contributed by atoms with Gasteiger partial charge in [-0.05, 0) is 62.8 Å². The Morgan fingerprint density at radius 1 is 0.571 bits per heavy atom. The van der Waals surface area contributed by atoms with E-state index in [1.165, 1.54) is 37.7 Å². The second-order valence-corrected chi connectivity index (χ2v) is 6.93. The number of fused-ring (bicyclic) bond motifs is 4. The standard InChI is InChI=1S/C26H14O.Y/c1-2-6-18-12-21-15-23-16-25-19(7-3-8-24(25)26-9-4-10-27-26)13-22(23)14-20(21)11-17(18)5-1;/h1-7,10-16H;/q-2;. The molecule has 0 fully saturated rings. The first-order chi connectivity index (χ1) is 13.3. The molecule has 0 aliphatic carbocycles. The summed E-state index contributed by atoms with van der Waals surface area (Å²) in [6.07, 6.45) is 1.65. The Morgan fingerprint density at radius 2 is 1.18 bits per heavy atom. The molecule has 1 heterocycles. The van der Waals surface area contributed by atoms with Crippen molar-refractivity contribution in [3.8, 4) is 11.3 Å². The van der Waals surface area contributed by atoms with Crippen molar-refractivity contribution in [3.63, 3.8) is 0 Å². The zero-order chi connectivity index (χ0) is 17.8. The SMILES string of the molecule is [Y].[c-]1ccoc1-c1[c-]ccc2cc3cc4cc5ccccc5cc4cc3cc12. The molecule has 0 atom stereocenters. The molecule has 0 saturated heterocycles. The Labute approximate surface area is 187 Å². The zero-order valence-corrected chi connectivity index (χ0v) is 17.9. The summed E-state index contributed by atoms with van der Waals surface area (Å²) in [6.45, 7) is 0. The Morgan fingerprint density at radius 3 is 1.82 bits per heavy atom. The van der Waals surface area contributed by atoms with Crippen LogP contribution < -0.4 is 0 Å². The van der Waals surface area contributed by atoms with Crippen LogP contribution >= 0.6 is 0 Å². The third kappa shape index (κ3) is 2.78. The van der Waals surface area contributed by atoms with Gasteiger partial charge in [-0.15, -0.1) is 23.6 Å². The Hall–Kier alpha value is -2.48. The molecule has 0 aliphatic rings. The van der Waals surface area contributed by atoms with Gasteiger partial charge in [-0.25, -0.2) is 11.6 Å². The van der Waals surface area contributed by atoms with Gasteiger partial charge < -0.3 is 4.42 Å². The van der Waals surface area contributed by atoms with Gasteiger partial charge in [-0.2, -0.15) is 17.5 Å². The fraction of sp³-hybridized carbons (Fsp3) is 0. The van der Waals surface area contributed by atoms with Crippen molar-refractivity contribution in [1.29, 1.82) is 0 Å². The van der Waals surface area contributed by atoms with Crippen LogP contribution in [0.2, 0.25) is 0 Å². The molecule has 1 nitrogen and oxygen atoms in total. The third-order valence-electron chi connectivity index (χ3n) is 5.28. The molecule has 0 amide bonds. The maximum Gasteiger partial charge on any atom is 0 e. The van der Waals surface area contributed by atoms with E-state index in [-0.39, 0.29) is 32.7 Å². The van der Waals surface area contributed by atoms with Gasteiger partial charge in [0, 0.05) is 32.7 Å². The zero-order valence-electron chi connectivity index (χ0n) is 15.1. The van der Waals surface area contributed by atoms with Gasteiger partial charge in [-0.3, -0.25) is 0 Å². The second-order valence-electron chi connectivity index (χ2n) is 6.93. The van der Waals surface area contributed by atoms with Crippen LogP contribution in [0.1, 0.15) is 0 Å². The van der Waals surface area contributed by atoms with Crippen LogP contribution in [0.15, 0.2) is 89.5 Å². The molecule has 0 aliphatic heterocycles. The molecule has 1 radical (unpaired) electrons. The summed E-state index contributed by atoms with van der Waals surface area (Å²) in [5.41, 5.74) is 0.956. The molecule has 129 valence electrons. The summed E-state index contributed by atoms with van der Waals surface area (Å²) in [5.74, 6) is 0.728. The van der Waals surface area contributed by atoms with Crippen LogP contribution in [0.25, 0.3) is 54.4 Å². The fourth-order valence-electron chi connectivity index (χ4n) is 3.97. The first-order valence-corrected chi connectivity index (χ1v) is 9.01. The van der Waals surface area contributed by atoms with Gasteiger partial charge in [0.25, 0.3) is 0 Å². The normalized spacial score (nSPS) is 11.3. The maximum atomic E-state index is 5.57. The van der Waals surface area contributed by atoms with Gasteiger partial charge in [-0.1, -0.05) is 36.1 Å². The van der Waals surface area contributed by atoms with Crippen molar-refractivity contribution < 1.29 is 37.1 Å². The van der Waals surface area contributed by atoms with Crippen molar-refractivity contribution in [2.45, 2.75) is 0 Å². The summed E-state index contributed by atoms with van der Waals surface area (Å²) in [5, 5.41) is 9.84. The van der Waals surface area contributed by atoms with Crippen molar-refractivity contribution in [2.75, 3.05) is 0 Å². The van der Waals surface area contributed by atoms with Crippen LogP contribution in [0.3, 0.4) is 0 Å². The monoisotopic (exact) mass is 431 g/mol.